The van der Waals surface area contributed by atoms with E-state index in [1.54, 1.807) is 0 Å². The summed E-state index contributed by atoms with van der Waals surface area (Å²) in [5, 5.41) is 17.7. The molecule has 0 bridgehead atoms. The SMILES string of the molecule is CCC1(F)CCCN(C(=O)O)C1C(=O)O. The number of alkyl halides is 1. The Morgan fingerprint density at radius 1 is 1.53 bits per heavy atom. The molecule has 0 aromatic heterocycles. The molecule has 1 fully saturated rings. The van der Waals surface area contributed by atoms with Crippen LogP contribution in [0.3, 0.4) is 0 Å². The topological polar surface area (TPSA) is 77.8 Å². The molecule has 1 saturated heterocycles. The molecule has 0 aliphatic carbocycles. The highest BCUT2D eigenvalue weighted by atomic mass is 19.1. The molecule has 1 rings (SSSR count). The number of likely N-dealkylation sites (tertiary alicyclic amines) is 1. The summed E-state index contributed by atoms with van der Waals surface area (Å²) in [6.07, 6.45) is -0.907. The van der Waals surface area contributed by atoms with Crippen LogP contribution in [0.15, 0.2) is 0 Å². The molecule has 0 saturated carbocycles. The highest BCUT2D eigenvalue weighted by Crippen LogP contribution is 2.34. The first-order valence-electron chi connectivity index (χ1n) is 4.83. The van der Waals surface area contributed by atoms with Gasteiger partial charge in [0.2, 0.25) is 0 Å². The molecule has 0 spiro atoms. The number of rotatable bonds is 2. The maximum absolute atomic E-state index is 14.1. The molecule has 0 aromatic carbocycles. The van der Waals surface area contributed by atoms with E-state index in [0.29, 0.717) is 11.3 Å². The van der Waals surface area contributed by atoms with Crippen molar-refractivity contribution in [1.82, 2.24) is 4.90 Å². The Kier molecular flexibility index (Phi) is 3.16. The van der Waals surface area contributed by atoms with Crippen LogP contribution in [0.4, 0.5) is 9.18 Å². The van der Waals surface area contributed by atoms with Gasteiger partial charge in [0, 0.05) is 6.54 Å². The van der Waals surface area contributed by atoms with E-state index in [9.17, 15) is 14.0 Å². The Labute approximate surface area is 86.5 Å². The summed E-state index contributed by atoms with van der Waals surface area (Å²) in [6.45, 7) is 1.61. The second-order valence-corrected chi connectivity index (χ2v) is 3.71. The zero-order valence-electron chi connectivity index (χ0n) is 8.44. The van der Waals surface area contributed by atoms with Gasteiger partial charge in [-0.3, -0.25) is 4.90 Å². The third-order valence-corrected chi connectivity index (χ3v) is 2.86. The van der Waals surface area contributed by atoms with Crippen LogP contribution in [0.1, 0.15) is 26.2 Å². The second-order valence-electron chi connectivity index (χ2n) is 3.71. The first-order chi connectivity index (χ1) is 6.92. The monoisotopic (exact) mass is 219 g/mol. The van der Waals surface area contributed by atoms with Crippen molar-refractivity contribution in [3.63, 3.8) is 0 Å². The standard InChI is InChI=1S/C9H14FNO4/c1-2-9(10)4-3-5-11(8(14)15)6(9)7(12)13/h6H,2-5H2,1H3,(H,12,13)(H,14,15). The molecule has 2 N–H and O–H groups in total. The lowest BCUT2D eigenvalue weighted by atomic mass is 9.84. The molecule has 86 valence electrons. The van der Waals surface area contributed by atoms with Crippen LogP contribution in [0, 0.1) is 0 Å². The molecule has 2 atom stereocenters. The summed E-state index contributed by atoms with van der Waals surface area (Å²) in [7, 11) is 0. The predicted octanol–water partition coefficient (Wildman–Crippen LogP) is 1.33. The van der Waals surface area contributed by atoms with E-state index in [2.05, 4.69) is 0 Å². The number of hydrogen-bond donors (Lipinski definition) is 2. The van der Waals surface area contributed by atoms with Crippen LogP contribution in [0.2, 0.25) is 0 Å². The summed E-state index contributed by atoms with van der Waals surface area (Å²) in [4.78, 5) is 22.3. The Hall–Kier alpha value is -1.33. The van der Waals surface area contributed by atoms with E-state index in [0.717, 1.165) is 0 Å². The summed E-state index contributed by atoms with van der Waals surface area (Å²) < 4.78 is 14.1. The maximum Gasteiger partial charge on any atom is 0.408 e. The molecular formula is C9H14FNO4. The molecular weight excluding hydrogens is 205 g/mol. The minimum Gasteiger partial charge on any atom is -0.480 e. The molecule has 1 aliphatic heterocycles. The zero-order valence-corrected chi connectivity index (χ0v) is 8.44. The van der Waals surface area contributed by atoms with Crippen molar-refractivity contribution in [2.24, 2.45) is 0 Å². The fourth-order valence-electron chi connectivity index (χ4n) is 2.02. The predicted molar refractivity (Wildman–Crippen MR) is 49.5 cm³/mol. The number of halogens is 1. The van der Waals surface area contributed by atoms with Gasteiger partial charge in [-0.25, -0.2) is 14.0 Å². The lowest BCUT2D eigenvalue weighted by Gasteiger charge is -2.41. The lowest BCUT2D eigenvalue weighted by molar-refractivity contribution is -0.152. The number of carboxylic acid groups (broad SMARTS) is 2. The van der Waals surface area contributed by atoms with Crippen LogP contribution in [-0.2, 0) is 4.79 Å². The number of carboxylic acids is 1. The van der Waals surface area contributed by atoms with Crippen LogP contribution in [0.25, 0.3) is 0 Å². The molecule has 1 heterocycles. The number of nitrogens with zero attached hydrogens (tertiary/aromatic N) is 1. The van der Waals surface area contributed by atoms with E-state index in [1.807, 2.05) is 0 Å². The van der Waals surface area contributed by atoms with E-state index < -0.39 is 23.8 Å². The largest absolute Gasteiger partial charge is 0.480 e. The highest BCUT2D eigenvalue weighted by molar-refractivity contribution is 5.81. The van der Waals surface area contributed by atoms with Crippen molar-refractivity contribution in [2.45, 2.75) is 37.9 Å². The lowest BCUT2D eigenvalue weighted by Crippen LogP contribution is -2.59. The van der Waals surface area contributed by atoms with Gasteiger partial charge in [-0.2, -0.15) is 0 Å². The average molecular weight is 219 g/mol. The number of amides is 1. The smallest absolute Gasteiger partial charge is 0.408 e. The van der Waals surface area contributed by atoms with Crippen LogP contribution < -0.4 is 0 Å². The Bertz CT molecular complexity index is 283. The van der Waals surface area contributed by atoms with E-state index in [4.69, 9.17) is 10.2 Å². The van der Waals surface area contributed by atoms with Crippen LogP contribution in [-0.4, -0.2) is 45.4 Å². The van der Waals surface area contributed by atoms with Crippen LogP contribution in [0.5, 0.6) is 0 Å². The minimum absolute atomic E-state index is 0.00769. The molecule has 0 radical (unpaired) electrons. The summed E-state index contributed by atoms with van der Waals surface area (Å²) in [5.41, 5.74) is -1.94. The third-order valence-electron chi connectivity index (χ3n) is 2.86. The van der Waals surface area contributed by atoms with Crippen molar-refractivity contribution in [3.05, 3.63) is 0 Å². The third kappa shape index (κ3) is 2.03. The first-order valence-corrected chi connectivity index (χ1v) is 4.83. The van der Waals surface area contributed by atoms with E-state index in [1.165, 1.54) is 6.92 Å². The van der Waals surface area contributed by atoms with Gasteiger partial charge in [-0.05, 0) is 19.3 Å². The van der Waals surface area contributed by atoms with Gasteiger partial charge < -0.3 is 10.2 Å². The van der Waals surface area contributed by atoms with Gasteiger partial charge in [0.15, 0.2) is 6.04 Å². The first kappa shape index (κ1) is 11.7. The number of carbonyl (C=O) groups is 2. The Morgan fingerprint density at radius 2 is 2.13 bits per heavy atom. The van der Waals surface area contributed by atoms with Gasteiger partial charge in [-0.1, -0.05) is 6.92 Å². The van der Waals surface area contributed by atoms with Crippen molar-refractivity contribution in [2.75, 3.05) is 6.54 Å². The van der Waals surface area contributed by atoms with Crippen molar-refractivity contribution in [1.29, 1.82) is 0 Å². The molecule has 15 heavy (non-hydrogen) atoms. The molecule has 0 aromatic rings. The second kappa shape index (κ2) is 4.04. The van der Waals surface area contributed by atoms with E-state index in [-0.39, 0.29) is 19.4 Å². The fourth-order valence-corrected chi connectivity index (χ4v) is 2.02. The van der Waals surface area contributed by atoms with Crippen LogP contribution >= 0.6 is 0 Å². The normalized spacial score (nSPS) is 31.3. The molecule has 2 unspecified atom stereocenters. The zero-order chi connectivity index (χ0) is 11.6. The fraction of sp³-hybridized carbons (Fsp3) is 0.778. The maximum atomic E-state index is 14.1. The Balaban J connectivity index is 3.01. The summed E-state index contributed by atoms with van der Waals surface area (Å²) in [5.74, 6) is -1.42. The average Bonchev–Trinajstić information content (AvgIpc) is 2.16. The van der Waals surface area contributed by atoms with Crippen molar-refractivity contribution < 1.29 is 24.2 Å². The molecule has 6 heteroatoms. The summed E-state index contributed by atoms with van der Waals surface area (Å²) in [6, 6.07) is -1.58. The highest BCUT2D eigenvalue weighted by Gasteiger charge is 2.50. The van der Waals surface area contributed by atoms with Crippen molar-refractivity contribution >= 4 is 12.1 Å². The molecule has 5 nitrogen and oxygen atoms in total. The number of aliphatic carboxylic acids is 1. The number of piperidine rings is 1. The Morgan fingerprint density at radius 3 is 2.53 bits per heavy atom. The van der Waals surface area contributed by atoms with Gasteiger partial charge in [0.1, 0.15) is 5.67 Å². The molecule has 1 amide bonds. The quantitative estimate of drug-likeness (QED) is 0.734. The minimum atomic E-state index is -1.94. The van der Waals surface area contributed by atoms with Gasteiger partial charge in [-0.15, -0.1) is 0 Å². The van der Waals surface area contributed by atoms with Gasteiger partial charge >= 0.3 is 12.1 Å². The van der Waals surface area contributed by atoms with E-state index >= 15 is 0 Å². The van der Waals surface area contributed by atoms with Gasteiger partial charge in [0.05, 0.1) is 0 Å². The summed E-state index contributed by atoms with van der Waals surface area (Å²) >= 11 is 0. The van der Waals surface area contributed by atoms with Gasteiger partial charge in [0.25, 0.3) is 0 Å². The van der Waals surface area contributed by atoms with Crippen molar-refractivity contribution in [3.8, 4) is 0 Å². The number of hydrogen-bond acceptors (Lipinski definition) is 2. The molecule has 1 aliphatic rings.